The fourth-order valence-corrected chi connectivity index (χ4v) is 3.93. The van der Waals surface area contributed by atoms with E-state index < -0.39 is 28.8 Å². The smallest absolute Gasteiger partial charge is 0.382 e. The Labute approximate surface area is 130 Å². The quantitative estimate of drug-likeness (QED) is 0.756. The van der Waals surface area contributed by atoms with E-state index in [1.165, 1.54) is 12.1 Å². The van der Waals surface area contributed by atoms with Crippen LogP contribution in [0.3, 0.4) is 0 Å². The van der Waals surface area contributed by atoms with Crippen LogP contribution in [-0.4, -0.2) is 32.3 Å². The first-order valence-electron chi connectivity index (χ1n) is 5.15. The molecule has 0 amide bonds. The van der Waals surface area contributed by atoms with Gasteiger partial charge in [0.1, 0.15) is 0 Å². The summed E-state index contributed by atoms with van der Waals surface area (Å²) in [7, 11) is -4.17. The Kier molecular flexibility index (Phi) is 5.64. The van der Waals surface area contributed by atoms with Gasteiger partial charge >= 0.3 is 6.18 Å². The van der Waals surface area contributed by atoms with Gasteiger partial charge in [0.25, 0.3) is 0 Å². The van der Waals surface area contributed by atoms with Gasteiger partial charge in [0, 0.05) is 15.5 Å². The summed E-state index contributed by atoms with van der Waals surface area (Å²) in [6.07, 6.45) is -7.64. The summed E-state index contributed by atoms with van der Waals surface area (Å²) in [4.78, 5) is -0.218. The molecule has 1 aromatic carbocycles. The standard InChI is InChI=1S/C10H10Br2F3NO3S/c1-5-2-7(12)8(3-6(5)11)20(18,19)16-4-9(17)10(13,14)15/h2-3,9,16-17H,4H2,1H3. The first-order valence-corrected chi connectivity index (χ1v) is 8.22. The zero-order valence-corrected chi connectivity index (χ0v) is 14.0. The number of aryl methyl sites for hydroxylation is 1. The molecule has 2 N–H and O–H groups in total. The Hall–Kier alpha value is -0.160. The van der Waals surface area contributed by atoms with Crippen LogP contribution in [0, 0.1) is 6.92 Å². The maximum absolute atomic E-state index is 12.1. The number of aliphatic hydroxyl groups is 1. The number of benzene rings is 1. The maximum Gasteiger partial charge on any atom is 0.415 e. The lowest BCUT2D eigenvalue weighted by Gasteiger charge is -2.16. The third-order valence-corrected chi connectivity index (χ3v) is 5.58. The minimum atomic E-state index is -4.88. The molecule has 10 heteroatoms. The molecular weight excluding hydrogens is 431 g/mol. The first-order chi connectivity index (χ1) is 8.95. The highest BCUT2D eigenvalue weighted by Crippen LogP contribution is 2.29. The molecule has 0 aromatic heterocycles. The Bertz CT molecular complexity index is 605. The van der Waals surface area contributed by atoms with Crippen LogP contribution in [0.5, 0.6) is 0 Å². The van der Waals surface area contributed by atoms with Crippen molar-refractivity contribution < 1.29 is 26.7 Å². The normalized spacial score (nSPS) is 14.3. The van der Waals surface area contributed by atoms with Crippen molar-refractivity contribution in [2.75, 3.05) is 6.54 Å². The van der Waals surface area contributed by atoms with Crippen LogP contribution in [0.15, 0.2) is 26.0 Å². The van der Waals surface area contributed by atoms with Crippen LogP contribution in [0.4, 0.5) is 13.2 Å². The Balaban J connectivity index is 2.98. The molecular formula is C10H10Br2F3NO3S. The lowest BCUT2D eigenvalue weighted by atomic mass is 10.2. The van der Waals surface area contributed by atoms with E-state index in [0.29, 0.717) is 4.47 Å². The van der Waals surface area contributed by atoms with E-state index in [9.17, 15) is 21.6 Å². The molecule has 0 bridgehead atoms. The number of aliphatic hydroxyl groups excluding tert-OH is 1. The number of hydrogen-bond donors (Lipinski definition) is 2. The van der Waals surface area contributed by atoms with E-state index in [1.54, 1.807) is 11.6 Å². The number of alkyl halides is 3. The molecule has 0 aliphatic rings. The van der Waals surface area contributed by atoms with Gasteiger partial charge in [0.15, 0.2) is 6.10 Å². The van der Waals surface area contributed by atoms with Crippen molar-refractivity contribution in [2.45, 2.75) is 24.1 Å². The summed E-state index contributed by atoms with van der Waals surface area (Å²) in [5.74, 6) is 0. The maximum atomic E-state index is 12.1. The highest BCUT2D eigenvalue weighted by molar-refractivity contribution is 9.11. The Morgan fingerprint density at radius 1 is 1.30 bits per heavy atom. The minimum absolute atomic E-state index is 0.215. The monoisotopic (exact) mass is 439 g/mol. The van der Waals surface area contributed by atoms with Crippen LogP contribution in [0.1, 0.15) is 5.56 Å². The molecule has 114 valence electrons. The summed E-state index contributed by atoms with van der Waals surface area (Å²) in [6.45, 7) is 0.579. The number of nitrogens with one attached hydrogen (secondary N) is 1. The summed E-state index contributed by atoms with van der Waals surface area (Å²) >= 11 is 6.18. The second-order valence-corrected chi connectivity index (χ2v) is 7.39. The average molecular weight is 441 g/mol. The molecule has 0 saturated carbocycles. The van der Waals surface area contributed by atoms with Crippen molar-refractivity contribution in [1.82, 2.24) is 4.72 Å². The fraction of sp³-hybridized carbons (Fsp3) is 0.400. The zero-order chi connectivity index (χ0) is 15.7. The molecule has 4 nitrogen and oxygen atoms in total. The molecule has 0 aliphatic heterocycles. The van der Waals surface area contributed by atoms with E-state index in [2.05, 4.69) is 31.9 Å². The van der Waals surface area contributed by atoms with Gasteiger partial charge in [-0.1, -0.05) is 15.9 Å². The topological polar surface area (TPSA) is 66.4 Å². The van der Waals surface area contributed by atoms with Crippen molar-refractivity contribution in [1.29, 1.82) is 0 Å². The molecule has 1 atom stereocenters. The first kappa shape index (κ1) is 17.9. The van der Waals surface area contributed by atoms with Crippen LogP contribution in [0.2, 0.25) is 0 Å². The second-order valence-electron chi connectivity index (χ2n) is 3.94. The molecule has 0 saturated heterocycles. The summed E-state index contributed by atoms with van der Waals surface area (Å²) in [6, 6.07) is 2.78. The molecule has 20 heavy (non-hydrogen) atoms. The molecule has 0 heterocycles. The molecule has 0 radical (unpaired) electrons. The number of rotatable bonds is 4. The minimum Gasteiger partial charge on any atom is -0.382 e. The van der Waals surface area contributed by atoms with Crippen molar-refractivity contribution in [3.63, 3.8) is 0 Å². The third kappa shape index (κ3) is 4.42. The number of hydrogen-bond acceptors (Lipinski definition) is 3. The summed E-state index contributed by atoms with van der Waals surface area (Å²) in [5.41, 5.74) is 0.756. The SMILES string of the molecule is Cc1cc(Br)c(S(=O)(=O)NCC(O)C(F)(F)F)cc1Br. The lowest BCUT2D eigenvalue weighted by molar-refractivity contribution is -0.200. The van der Waals surface area contributed by atoms with Gasteiger partial charge in [-0.15, -0.1) is 0 Å². The van der Waals surface area contributed by atoms with Crippen LogP contribution in [-0.2, 0) is 10.0 Å². The van der Waals surface area contributed by atoms with Gasteiger partial charge in [-0.2, -0.15) is 13.2 Å². The Morgan fingerprint density at radius 2 is 1.85 bits per heavy atom. The van der Waals surface area contributed by atoms with Crippen molar-refractivity contribution in [2.24, 2.45) is 0 Å². The molecule has 0 aliphatic carbocycles. The highest BCUT2D eigenvalue weighted by atomic mass is 79.9. The highest BCUT2D eigenvalue weighted by Gasteiger charge is 2.38. The number of halogens is 5. The van der Waals surface area contributed by atoms with Crippen molar-refractivity contribution >= 4 is 41.9 Å². The predicted octanol–water partition coefficient (Wildman–Crippen LogP) is 2.72. The van der Waals surface area contributed by atoms with Gasteiger partial charge in [0.2, 0.25) is 10.0 Å². The van der Waals surface area contributed by atoms with E-state index in [1.807, 2.05) is 0 Å². The van der Waals surface area contributed by atoms with E-state index in [4.69, 9.17) is 5.11 Å². The lowest BCUT2D eigenvalue weighted by Crippen LogP contribution is -2.40. The average Bonchev–Trinajstić information content (AvgIpc) is 2.29. The van der Waals surface area contributed by atoms with E-state index >= 15 is 0 Å². The van der Waals surface area contributed by atoms with Crippen molar-refractivity contribution in [3.8, 4) is 0 Å². The van der Waals surface area contributed by atoms with Gasteiger partial charge in [-0.05, 0) is 40.5 Å². The molecule has 1 rings (SSSR count). The largest absolute Gasteiger partial charge is 0.415 e. The van der Waals surface area contributed by atoms with Crippen LogP contribution < -0.4 is 4.72 Å². The summed E-state index contributed by atoms with van der Waals surface area (Å²) < 4.78 is 62.6. The second kappa shape index (κ2) is 6.30. The number of sulfonamides is 1. The van der Waals surface area contributed by atoms with E-state index in [-0.39, 0.29) is 9.37 Å². The molecule has 1 unspecified atom stereocenters. The third-order valence-electron chi connectivity index (χ3n) is 2.35. The van der Waals surface area contributed by atoms with Gasteiger partial charge in [0.05, 0.1) is 4.90 Å². The van der Waals surface area contributed by atoms with Gasteiger partial charge in [-0.3, -0.25) is 0 Å². The molecule has 0 spiro atoms. The fourth-order valence-electron chi connectivity index (χ4n) is 1.22. The van der Waals surface area contributed by atoms with Gasteiger partial charge in [-0.25, -0.2) is 13.1 Å². The zero-order valence-electron chi connectivity index (χ0n) is 10.0. The molecule has 0 fully saturated rings. The van der Waals surface area contributed by atoms with Crippen LogP contribution in [0.25, 0.3) is 0 Å². The van der Waals surface area contributed by atoms with Crippen molar-refractivity contribution in [3.05, 3.63) is 26.6 Å². The van der Waals surface area contributed by atoms with Gasteiger partial charge < -0.3 is 5.11 Å². The van der Waals surface area contributed by atoms with Crippen LogP contribution >= 0.6 is 31.9 Å². The Morgan fingerprint density at radius 3 is 2.35 bits per heavy atom. The molecule has 1 aromatic rings. The summed E-state index contributed by atoms with van der Waals surface area (Å²) in [5, 5.41) is 8.79. The van der Waals surface area contributed by atoms with E-state index in [0.717, 1.165) is 5.56 Å². The predicted molar refractivity (Wildman–Crippen MR) is 73.8 cm³/mol.